The van der Waals surface area contributed by atoms with E-state index in [0.717, 1.165) is 0 Å². The van der Waals surface area contributed by atoms with Crippen LogP contribution in [0.1, 0.15) is 39.5 Å². The van der Waals surface area contributed by atoms with E-state index in [1.165, 1.54) is 0 Å². The Kier molecular flexibility index (Phi) is 6.23. The minimum absolute atomic E-state index is 0.214. The summed E-state index contributed by atoms with van der Waals surface area (Å²) in [6, 6.07) is 0.214. The Labute approximate surface area is 115 Å². The second kappa shape index (κ2) is 7.22. The van der Waals surface area contributed by atoms with E-state index in [4.69, 9.17) is 9.84 Å². The van der Waals surface area contributed by atoms with Crippen molar-refractivity contribution in [2.24, 2.45) is 11.8 Å². The zero-order chi connectivity index (χ0) is 14.5. The molecule has 0 amide bonds. The van der Waals surface area contributed by atoms with Crippen molar-refractivity contribution in [3.05, 3.63) is 0 Å². The first kappa shape index (κ1) is 16.4. The molecule has 0 aromatic rings. The molecule has 1 unspecified atom stereocenters. The predicted octanol–water partition coefficient (Wildman–Crippen LogP) is 1.25. The van der Waals surface area contributed by atoms with Gasteiger partial charge in [-0.3, -0.25) is 4.79 Å². The van der Waals surface area contributed by atoms with Gasteiger partial charge in [0.05, 0.1) is 18.1 Å². The Hall–Kier alpha value is -0.650. The van der Waals surface area contributed by atoms with E-state index >= 15 is 0 Å². The lowest BCUT2D eigenvalue weighted by molar-refractivity contribution is -0.144. The van der Waals surface area contributed by atoms with E-state index in [2.05, 4.69) is 19.2 Å². The SMILES string of the molecule is COCC(NCC1(O)CCC(C(=O)O)CC1)C(C)C. The van der Waals surface area contributed by atoms with Gasteiger partial charge >= 0.3 is 5.97 Å². The first-order valence-electron chi connectivity index (χ1n) is 7.05. The molecule has 1 aliphatic rings. The van der Waals surface area contributed by atoms with E-state index in [-0.39, 0.29) is 12.0 Å². The molecule has 5 nitrogen and oxygen atoms in total. The summed E-state index contributed by atoms with van der Waals surface area (Å²) >= 11 is 0. The van der Waals surface area contributed by atoms with E-state index in [1.54, 1.807) is 7.11 Å². The largest absolute Gasteiger partial charge is 0.481 e. The Bertz CT molecular complexity index is 285. The Morgan fingerprint density at radius 3 is 2.42 bits per heavy atom. The van der Waals surface area contributed by atoms with Gasteiger partial charge in [0.15, 0.2) is 0 Å². The molecule has 0 aromatic heterocycles. The maximum absolute atomic E-state index is 10.9. The number of carboxylic acids is 1. The molecule has 0 aromatic carbocycles. The number of aliphatic carboxylic acids is 1. The van der Waals surface area contributed by atoms with Gasteiger partial charge in [-0.1, -0.05) is 13.8 Å². The lowest BCUT2D eigenvalue weighted by atomic mass is 9.78. The zero-order valence-corrected chi connectivity index (χ0v) is 12.2. The average molecular weight is 273 g/mol. The molecular formula is C14H27NO4. The number of carbonyl (C=O) groups is 1. The number of hydrogen-bond acceptors (Lipinski definition) is 4. The number of carboxylic acid groups (broad SMARTS) is 1. The fraction of sp³-hybridized carbons (Fsp3) is 0.929. The summed E-state index contributed by atoms with van der Waals surface area (Å²) in [7, 11) is 1.67. The third-order valence-corrected chi connectivity index (χ3v) is 4.11. The molecule has 1 fully saturated rings. The summed E-state index contributed by atoms with van der Waals surface area (Å²) in [5.41, 5.74) is -0.771. The molecule has 1 rings (SSSR count). The summed E-state index contributed by atoms with van der Waals surface area (Å²) < 4.78 is 5.16. The predicted molar refractivity (Wildman–Crippen MR) is 73.0 cm³/mol. The first-order chi connectivity index (χ1) is 8.88. The Morgan fingerprint density at radius 1 is 1.42 bits per heavy atom. The van der Waals surface area contributed by atoms with Crippen molar-refractivity contribution in [3.8, 4) is 0 Å². The maximum atomic E-state index is 10.9. The number of aliphatic hydroxyl groups is 1. The number of hydrogen-bond donors (Lipinski definition) is 3. The molecule has 0 spiro atoms. The van der Waals surface area contributed by atoms with E-state index in [1.807, 2.05) is 0 Å². The van der Waals surface area contributed by atoms with Crippen molar-refractivity contribution < 1.29 is 19.7 Å². The summed E-state index contributed by atoms with van der Waals surface area (Å²) in [5, 5.41) is 22.8. The quantitative estimate of drug-likeness (QED) is 0.650. The highest BCUT2D eigenvalue weighted by Gasteiger charge is 2.36. The van der Waals surface area contributed by atoms with Gasteiger partial charge in [-0.2, -0.15) is 0 Å². The van der Waals surface area contributed by atoms with Crippen LogP contribution in [-0.2, 0) is 9.53 Å². The maximum Gasteiger partial charge on any atom is 0.306 e. The van der Waals surface area contributed by atoms with Gasteiger partial charge in [-0.15, -0.1) is 0 Å². The second-order valence-electron chi connectivity index (χ2n) is 6.02. The fourth-order valence-electron chi connectivity index (χ4n) is 2.57. The molecular weight excluding hydrogens is 246 g/mol. The van der Waals surface area contributed by atoms with Crippen LogP contribution in [0.15, 0.2) is 0 Å². The first-order valence-corrected chi connectivity index (χ1v) is 7.05. The monoisotopic (exact) mass is 273 g/mol. The van der Waals surface area contributed by atoms with Crippen LogP contribution in [0.2, 0.25) is 0 Å². The van der Waals surface area contributed by atoms with Crippen LogP contribution in [-0.4, -0.2) is 48.1 Å². The average Bonchev–Trinajstić information content (AvgIpc) is 2.34. The molecule has 112 valence electrons. The normalized spacial score (nSPS) is 29.4. The topological polar surface area (TPSA) is 78.8 Å². The Balaban J connectivity index is 2.41. The minimum atomic E-state index is -0.771. The van der Waals surface area contributed by atoms with E-state index in [0.29, 0.717) is 44.8 Å². The van der Waals surface area contributed by atoms with Crippen molar-refractivity contribution >= 4 is 5.97 Å². The minimum Gasteiger partial charge on any atom is -0.481 e. The van der Waals surface area contributed by atoms with Gasteiger partial charge in [0, 0.05) is 19.7 Å². The van der Waals surface area contributed by atoms with Crippen molar-refractivity contribution in [2.75, 3.05) is 20.3 Å². The molecule has 1 atom stereocenters. The van der Waals surface area contributed by atoms with Gasteiger partial charge in [-0.05, 0) is 31.6 Å². The standard InChI is InChI=1S/C14H27NO4/c1-10(2)12(8-19-3)15-9-14(18)6-4-11(5-7-14)13(16)17/h10-12,15,18H,4-9H2,1-3H3,(H,16,17). The van der Waals surface area contributed by atoms with Gasteiger partial charge < -0.3 is 20.3 Å². The molecule has 0 radical (unpaired) electrons. The number of ether oxygens (including phenoxy) is 1. The molecule has 3 N–H and O–H groups in total. The fourth-order valence-corrected chi connectivity index (χ4v) is 2.57. The van der Waals surface area contributed by atoms with Crippen LogP contribution in [0.3, 0.4) is 0 Å². The molecule has 1 saturated carbocycles. The molecule has 19 heavy (non-hydrogen) atoms. The molecule has 0 aliphatic heterocycles. The van der Waals surface area contributed by atoms with Gasteiger partial charge in [-0.25, -0.2) is 0 Å². The van der Waals surface area contributed by atoms with Crippen LogP contribution >= 0.6 is 0 Å². The number of nitrogens with one attached hydrogen (secondary N) is 1. The Morgan fingerprint density at radius 2 is 2.00 bits per heavy atom. The summed E-state index contributed by atoms with van der Waals surface area (Å²) in [5.74, 6) is -0.603. The van der Waals surface area contributed by atoms with Crippen LogP contribution in [0.5, 0.6) is 0 Å². The molecule has 0 bridgehead atoms. The molecule has 0 saturated heterocycles. The van der Waals surface area contributed by atoms with Gasteiger partial charge in [0.25, 0.3) is 0 Å². The van der Waals surface area contributed by atoms with Crippen molar-refractivity contribution in [2.45, 2.75) is 51.2 Å². The van der Waals surface area contributed by atoms with Crippen LogP contribution in [0.4, 0.5) is 0 Å². The van der Waals surface area contributed by atoms with Crippen LogP contribution in [0, 0.1) is 11.8 Å². The van der Waals surface area contributed by atoms with Gasteiger partial charge in [0.1, 0.15) is 0 Å². The summed E-state index contributed by atoms with van der Waals surface area (Å²) in [6.45, 7) is 5.35. The second-order valence-corrected chi connectivity index (χ2v) is 6.02. The third-order valence-electron chi connectivity index (χ3n) is 4.11. The number of rotatable bonds is 7. The highest BCUT2D eigenvalue weighted by molar-refractivity contribution is 5.70. The lowest BCUT2D eigenvalue weighted by Gasteiger charge is -2.36. The van der Waals surface area contributed by atoms with Crippen LogP contribution < -0.4 is 5.32 Å². The van der Waals surface area contributed by atoms with E-state index < -0.39 is 11.6 Å². The van der Waals surface area contributed by atoms with Crippen molar-refractivity contribution in [3.63, 3.8) is 0 Å². The molecule has 5 heteroatoms. The van der Waals surface area contributed by atoms with E-state index in [9.17, 15) is 9.90 Å². The number of methoxy groups -OCH3 is 1. The smallest absolute Gasteiger partial charge is 0.306 e. The van der Waals surface area contributed by atoms with Crippen molar-refractivity contribution in [1.29, 1.82) is 0 Å². The highest BCUT2D eigenvalue weighted by atomic mass is 16.5. The van der Waals surface area contributed by atoms with Gasteiger partial charge in [0.2, 0.25) is 0 Å². The summed E-state index contributed by atoms with van der Waals surface area (Å²) in [6.07, 6.45) is 2.22. The zero-order valence-electron chi connectivity index (χ0n) is 12.2. The van der Waals surface area contributed by atoms with Crippen LogP contribution in [0.25, 0.3) is 0 Å². The highest BCUT2D eigenvalue weighted by Crippen LogP contribution is 2.32. The third kappa shape index (κ3) is 5.09. The molecule has 1 aliphatic carbocycles. The molecule has 0 heterocycles. The summed E-state index contributed by atoms with van der Waals surface area (Å²) in [4.78, 5) is 10.9. The lowest BCUT2D eigenvalue weighted by Crippen LogP contribution is -2.49. The van der Waals surface area contributed by atoms with Crippen molar-refractivity contribution in [1.82, 2.24) is 5.32 Å².